The van der Waals surface area contributed by atoms with Crippen molar-refractivity contribution in [1.29, 1.82) is 0 Å². The highest BCUT2D eigenvalue weighted by atomic mass is 16.3. The third-order valence-corrected chi connectivity index (χ3v) is 4.13. The Hall–Kier alpha value is -2.86. The standard InChI is InChI=1S/C19H22N4O2/c1-23(2)19(25)13-7-8-18(21-10-13)22-15(12-24)9-14-11-20-17-6-4-3-5-16(14)17/h3-8,10-11,15,20,24H,9,12H2,1-2H3,(H,21,22). The van der Waals surface area contributed by atoms with E-state index in [9.17, 15) is 9.90 Å². The zero-order chi connectivity index (χ0) is 17.8. The van der Waals surface area contributed by atoms with Crippen molar-refractivity contribution >= 4 is 22.6 Å². The average Bonchev–Trinajstić information content (AvgIpc) is 3.04. The van der Waals surface area contributed by atoms with Crippen LogP contribution in [-0.4, -0.2) is 52.6 Å². The zero-order valence-corrected chi connectivity index (χ0v) is 14.4. The first-order valence-electron chi connectivity index (χ1n) is 8.18. The Kier molecular flexibility index (Phi) is 5.00. The number of hydrogen-bond acceptors (Lipinski definition) is 4. The second-order valence-corrected chi connectivity index (χ2v) is 6.22. The van der Waals surface area contributed by atoms with Gasteiger partial charge in [-0.2, -0.15) is 0 Å². The number of H-pyrrole nitrogens is 1. The molecule has 2 aromatic heterocycles. The van der Waals surface area contributed by atoms with Crippen molar-refractivity contribution in [3.05, 3.63) is 59.9 Å². The van der Waals surface area contributed by atoms with Crippen molar-refractivity contribution in [1.82, 2.24) is 14.9 Å². The number of carbonyl (C=O) groups excluding carboxylic acids is 1. The maximum absolute atomic E-state index is 11.9. The molecule has 3 N–H and O–H groups in total. The number of aliphatic hydroxyl groups is 1. The number of amides is 1. The fraction of sp³-hybridized carbons (Fsp3) is 0.263. The molecule has 130 valence electrons. The topological polar surface area (TPSA) is 81.3 Å². The van der Waals surface area contributed by atoms with E-state index in [0.29, 0.717) is 17.8 Å². The van der Waals surface area contributed by atoms with E-state index in [1.54, 1.807) is 32.4 Å². The molecule has 1 aromatic carbocycles. The second-order valence-electron chi connectivity index (χ2n) is 6.22. The fourth-order valence-corrected chi connectivity index (χ4v) is 2.80. The normalized spacial score (nSPS) is 12.1. The summed E-state index contributed by atoms with van der Waals surface area (Å²) in [4.78, 5) is 20.9. The number of aromatic nitrogens is 2. The Morgan fingerprint density at radius 1 is 1.28 bits per heavy atom. The van der Waals surface area contributed by atoms with Crippen molar-refractivity contribution in [3.63, 3.8) is 0 Å². The summed E-state index contributed by atoms with van der Waals surface area (Å²) in [7, 11) is 3.41. The van der Waals surface area contributed by atoms with Crippen LogP contribution in [0.15, 0.2) is 48.8 Å². The molecule has 0 radical (unpaired) electrons. The van der Waals surface area contributed by atoms with Gasteiger partial charge in [-0.3, -0.25) is 4.79 Å². The molecule has 0 aliphatic heterocycles. The molecule has 6 nitrogen and oxygen atoms in total. The fourth-order valence-electron chi connectivity index (χ4n) is 2.80. The first-order chi connectivity index (χ1) is 12.1. The zero-order valence-electron chi connectivity index (χ0n) is 14.4. The van der Waals surface area contributed by atoms with E-state index in [4.69, 9.17) is 0 Å². The van der Waals surface area contributed by atoms with Crippen LogP contribution in [0.2, 0.25) is 0 Å². The van der Waals surface area contributed by atoms with Gasteiger partial charge in [-0.15, -0.1) is 0 Å². The largest absolute Gasteiger partial charge is 0.394 e. The van der Waals surface area contributed by atoms with E-state index in [1.165, 1.54) is 4.90 Å². The van der Waals surface area contributed by atoms with Crippen LogP contribution in [0.25, 0.3) is 10.9 Å². The average molecular weight is 338 g/mol. The number of aromatic amines is 1. The Balaban J connectivity index is 1.71. The summed E-state index contributed by atoms with van der Waals surface area (Å²) in [6, 6.07) is 11.4. The smallest absolute Gasteiger partial charge is 0.254 e. The molecule has 3 aromatic rings. The first-order valence-corrected chi connectivity index (χ1v) is 8.18. The van der Waals surface area contributed by atoms with Crippen molar-refractivity contribution in [3.8, 4) is 0 Å². The molecule has 0 aliphatic rings. The Morgan fingerprint density at radius 3 is 2.76 bits per heavy atom. The van der Waals surface area contributed by atoms with E-state index in [0.717, 1.165) is 16.5 Å². The highest BCUT2D eigenvalue weighted by Crippen LogP contribution is 2.20. The summed E-state index contributed by atoms with van der Waals surface area (Å²) in [5.41, 5.74) is 2.76. The van der Waals surface area contributed by atoms with Gasteiger partial charge in [-0.1, -0.05) is 18.2 Å². The summed E-state index contributed by atoms with van der Waals surface area (Å²) in [5.74, 6) is 0.547. The lowest BCUT2D eigenvalue weighted by Crippen LogP contribution is -2.27. The highest BCUT2D eigenvalue weighted by Gasteiger charge is 2.13. The van der Waals surface area contributed by atoms with Crippen LogP contribution in [0.1, 0.15) is 15.9 Å². The molecule has 0 fully saturated rings. The maximum atomic E-state index is 11.9. The number of nitrogens with zero attached hydrogens (tertiary/aromatic N) is 2. The third kappa shape index (κ3) is 3.80. The maximum Gasteiger partial charge on any atom is 0.254 e. The summed E-state index contributed by atoms with van der Waals surface area (Å²) >= 11 is 0. The Bertz CT molecular complexity index is 855. The van der Waals surface area contributed by atoms with Gasteiger partial charge in [0.05, 0.1) is 18.2 Å². The lowest BCUT2D eigenvalue weighted by Gasteiger charge is -2.17. The third-order valence-electron chi connectivity index (χ3n) is 4.13. The minimum atomic E-state index is -0.165. The molecule has 1 unspecified atom stereocenters. The highest BCUT2D eigenvalue weighted by molar-refractivity contribution is 5.93. The van der Waals surface area contributed by atoms with Crippen LogP contribution >= 0.6 is 0 Å². The summed E-state index contributed by atoms with van der Waals surface area (Å²) < 4.78 is 0. The predicted octanol–water partition coefficient (Wildman–Crippen LogP) is 2.28. The molecule has 0 spiro atoms. The summed E-state index contributed by atoms with van der Waals surface area (Å²) in [5, 5.41) is 14.1. The molecule has 0 saturated heterocycles. The molecular formula is C19H22N4O2. The lowest BCUT2D eigenvalue weighted by atomic mass is 10.1. The van der Waals surface area contributed by atoms with Crippen LogP contribution in [0.5, 0.6) is 0 Å². The number of benzene rings is 1. The Labute approximate surface area is 146 Å². The Morgan fingerprint density at radius 2 is 2.08 bits per heavy atom. The van der Waals surface area contributed by atoms with Crippen molar-refractivity contribution in [2.24, 2.45) is 0 Å². The molecule has 3 rings (SSSR count). The molecule has 1 atom stereocenters. The van der Waals surface area contributed by atoms with Gasteiger partial charge in [0.2, 0.25) is 0 Å². The van der Waals surface area contributed by atoms with E-state index < -0.39 is 0 Å². The van der Waals surface area contributed by atoms with E-state index in [-0.39, 0.29) is 18.6 Å². The molecule has 6 heteroatoms. The van der Waals surface area contributed by atoms with Gasteiger partial charge in [-0.25, -0.2) is 4.98 Å². The molecule has 0 aliphatic carbocycles. The van der Waals surface area contributed by atoms with Crippen molar-refractivity contribution in [2.45, 2.75) is 12.5 Å². The minimum absolute atomic E-state index is 0.0143. The van der Waals surface area contributed by atoms with Gasteiger partial charge in [0.1, 0.15) is 5.82 Å². The van der Waals surface area contributed by atoms with Gasteiger partial charge in [0.15, 0.2) is 0 Å². The monoisotopic (exact) mass is 338 g/mol. The van der Waals surface area contributed by atoms with Gasteiger partial charge in [0.25, 0.3) is 5.91 Å². The predicted molar refractivity (Wildman–Crippen MR) is 98.8 cm³/mol. The number of anilines is 1. The number of hydrogen-bond donors (Lipinski definition) is 3. The molecule has 0 bridgehead atoms. The molecule has 25 heavy (non-hydrogen) atoms. The van der Waals surface area contributed by atoms with Crippen LogP contribution in [0.4, 0.5) is 5.82 Å². The van der Waals surface area contributed by atoms with Crippen LogP contribution < -0.4 is 5.32 Å². The number of aliphatic hydroxyl groups excluding tert-OH is 1. The van der Waals surface area contributed by atoms with Crippen LogP contribution in [0.3, 0.4) is 0 Å². The van der Waals surface area contributed by atoms with Gasteiger partial charge < -0.3 is 20.3 Å². The van der Waals surface area contributed by atoms with Gasteiger partial charge >= 0.3 is 0 Å². The lowest BCUT2D eigenvalue weighted by molar-refractivity contribution is 0.0827. The van der Waals surface area contributed by atoms with Gasteiger partial charge in [0, 0.05) is 37.4 Å². The second kappa shape index (κ2) is 7.36. The van der Waals surface area contributed by atoms with Gasteiger partial charge in [-0.05, 0) is 30.2 Å². The first kappa shape index (κ1) is 17.0. The van der Waals surface area contributed by atoms with Crippen LogP contribution in [0, 0.1) is 0 Å². The number of nitrogens with one attached hydrogen (secondary N) is 2. The van der Waals surface area contributed by atoms with E-state index in [1.807, 2.05) is 24.4 Å². The number of pyridine rings is 1. The molecule has 2 heterocycles. The summed E-state index contributed by atoms with van der Waals surface area (Å²) in [6.07, 6.45) is 4.19. The SMILES string of the molecule is CN(C)C(=O)c1ccc(NC(CO)Cc2c[nH]c3ccccc23)nc1. The van der Waals surface area contributed by atoms with E-state index >= 15 is 0 Å². The summed E-state index contributed by atoms with van der Waals surface area (Å²) in [6.45, 7) is -0.0143. The number of rotatable bonds is 6. The minimum Gasteiger partial charge on any atom is -0.394 e. The quantitative estimate of drug-likeness (QED) is 0.644. The number of fused-ring (bicyclic) bond motifs is 1. The van der Waals surface area contributed by atoms with Crippen LogP contribution in [-0.2, 0) is 6.42 Å². The number of carbonyl (C=O) groups is 1. The molecule has 1 amide bonds. The van der Waals surface area contributed by atoms with Crippen molar-refractivity contribution in [2.75, 3.05) is 26.0 Å². The number of para-hydroxylation sites is 1. The molecular weight excluding hydrogens is 316 g/mol. The molecule has 0 saturated carbocycles. The van der Waals surface area contributed by atoms with E-state index in [2.05, 4.69) is 21.4 Å². The van der Waals surface area contributed by atoms with Crippen molar-refractivity contribution < 1.29 is 9.90 Å².